The number of hydrogen-bond donors (Lipinski definition) is 2. The lowest BCUT2D eigenvalue weighted by Gasteiger charge is -2.09. The van der Waals surface area contributed by atoms with E-state index in [1.54, 1.807) is 12.1 Å². The first-order chi connectivity index (χ1) is 6.76. The van der Waals surface area contributed by atoms with E-state index in [1.807, 2.05) is 6.92 Å². The van der Waals surface area contributed by atoms with E-state index < -0.39 is 0 Å². The second-order valence-electron chi connectivity index (χ2n) is 3.02. The normalized spacial score (nSPS) is 12.0. The Hall–Kier alpha value is -1.53. The zero-order valence-electron chi connectivity index (χ0n) is 8.20. The Morgan fingerprint density at radius 2 is 2.43 bits per heavy atom. The van der Waals surface area contributed by atoms with Crippen LogP contribution in [0.2, 0.25) is 0 Å². The van der Waals surface area contributed by atoms with Crippen LogP contribution in [0.5, 0.6) is 5.75 Å². The maximum absolute atomic E-state index is 9.01. The van der Waals surface area contributed by atoms with Gasteiger partial charge in [0.25, 0.3) is 0 Å². The first kappa shape index (κ1) is 10.6. The van der Waals surface area contributed by atoms with Crippen LogP contribution in [0.15, 0.2) is 18.3 Å². The number of aromatic nitrogens is 1. The molecule has 0 aliphatic rings. The Balaban J connectivity index is 2.46. The zero-order valence-corrected chi connectivity index (χ0v) is 8.20. The summed E-state index contributed by atoms with van der Waals surface area (Å²) in [5.74, 6) is 2.82. The van der Waals surface area contributed by atoms with E-state index in [2.05, 4.69) is 16.2 Å². The molecule has 1 atom stereocenters. The molecule has 0 aromatic carbocycles. The minimum atomic E-state index is 0.0885. The van der Waals surface area contributed by atoms with Crippen molar-refractivity contribution in [2.24, 2.45) is 0 Å². The maximum Gasteiger partial charge on any atom is 0.133 e. The van der Waals surface area contributed by atoms with Crippen molar-refractivity contribution in [3.05, 3.63) is 24.0 Å². The van der Waals surface area contributed by atoms with Crippen molar-refractivity contribution in [3.8, 4) is 18.1 Å². The molecule has 0 saturated heterocycles. The van der Waals surface area contributed by atoms with Crippen LogP contribution in [0.4, 0.5) is 0 Å². The van der Waals surface area contributed by atoms with Gasteiger partial charge in [0.05, 0.1) is 17.9 Å². The summed E-state index contributed by atoms with van der Waals surface area (Å²) in [5, 5.41) is 12.2. The van der Waals surface area contributed by atoms with Gasteiger partial charge in [0.2, 0.25) is 0 Å². The Kier molecular flexibility index (Phi) is 3.96. The summed E-state index contributed by atoms with van der Waals surface area (Å²) >= 11 is 0. The molecular formula is C11H14N2O. The van der Waals surface area contributed by atoms with Gasteiger partial charge in [0.1, 0.15) is 5.75 Å². The molecule has 3 heteroatoms. The Bertz CT molecular complexity index is 313. The molecule has 0 bridgehead atoms. The zero-order chi connectivity index (χ0) is 10.4. The Labute approximate surface area is 84.2 Å². The lowest BCUT2D eigenvalue weighted by atomic mass is 10.2. The molecule has 2 N–H and O–H groups in total. The van der Waals surface area contributed by atoms with E-state index in [0.717, 1.165) is 12.1 Å². The topological polar surface area (TPSA) is 45.1 Å². The predicted molar refractivity (Wildman–Crippen MR) is 55.7 cm³/mol. The summed E-state index contributed by atoms with van der Waals surface area (Å²) in [6.45, 7) is 2.66. The van der Waals surface area contributed by atoms with Gasteiger partial charge in [0, 0.05) is 6.54 Å². The SMILES string of the molecule is C#CC(CC)NCc1ccc(O)cn1. The number of rotatable bonds is 4. The quantitative estimate of drug-likeness (QED) is 0.703. The molecule has 0 amide bonds. The molecule has 0 radical (unpaired) electrons. The van der Waals surface area contributed by atoms with Crippen LogP contribution < -0.4 is 5.32 Å². The van der Waals surface area contributed by atoms with Gasteiger partial charge in [-0.25, -0.2) is 0 Å². The summed E-state index contributed by atoms with van der Waals surface area (Å²) in [6.07, 6.45) is 7.62. The summed E-state index contributed by atoms with van der Waals surface area (Å²) in [7, 11) is 0. The lowest BCUT2D eigenvalue weighted by Crippen LogP contribution is -2.26. The fourth-order valence-electron chi connectivity index (χ4n) is 1.07. The van der Waals surface area contributed by atoms with E-state index in [4.69, 9.17) is 11.5 Å². The van der Waals surface area contributed by atoms with Gasteiger partial charge in [-0.1, -0.05) is 12.8 Å². The minimum absolute atomic E-state index is 0.0885. The van der Waals surface area contributed by atoms with Crippen LogP contribution in [0, 0.1) is 12.3 Å². The van der Waals surface area contributed by atoms with E-state index in [-0.39, 0.29) is 11.8 Å². The Morgan fingerprint density at radius 1 is 1.64 bits per heavy atom. The molecule has 0 aliphatic carbocycles. The highest BCUT2D eigenvalue weighted by atomic mass is 16.3. The fourth-order valence-corrected chi connectivity index (χ4v) is 1.07. The number of hydrogen-bond acceptors (Lipinski definition) is 3. The standard InChI is InChI=1S/C11H14N2O/c1-3-9(4-2)12-7-10-5-6-11(14)8-13-10/h1,5-6,8-9,12,14H,4,7H2,2H3. The molecule has 0 spiro atoms. The molecule has 74 valence electrons. The van der Waals surface area contributed by atoms with Crippen molar-refractivity contribution in [1.82, 2.24) is 10.3 Å². The average Bonchev–Trinajstić information content (AvgIpc) is 2.22. The van der Waals surface area contributed by atoms with Crippen LogP contribution in [-0.2, 0) is 6.54 Å². The Morgan fingerprint density at radius 3 is 2.93 bits per heavy atom. The number of aromatic hydroxyl groups is 1. The second kappa shape index (κ2) is 5.25. The van der Waals surface area contributed by atoms with E-state index >= 15 is 0 Å². The van der Waals surface area contributed by atoms with Crippen molar-refractivity contribution in [2.75, 3.05) is 0 Å². The summed E-state index contributed by atoms with van der Waals surface area (Å²) in [4.78, 5) is 4.04. The number of pyridine rings is 1. The van der Waals surface area contributed by atoms with E-state index in [1.165, 1.54) is 6.20 Å². The van der Waals surface area contributed by atoms with Crippen LogP contribution in [0.1, 0.15) is 19.0 Å². The van der Waals surface area contributed by atoms with Crippen molar-refractivity contribution in [3.63, 3.8) is 0 Å². The highest BCUT2D eigenvalue weighted by molar-refractivity contribution is 5.18. The van der Waals surface area contributed by atoms with E-state index in [9.17, 15) is 0 Å². The first-order valence-corrected chi connectivity index (χ1v) is 4.59. The van der Waals surface area contributed by atoms with Crippen LogP contribution >= 0.6 is 0 Å². The lowest BCUT2D eigenvalue weighted by molar-refractivity contribution is 0.471. The molecule has 1 aromatic rings. The van der Waals surface area contributed by atoms with Gasteiger partial charge < -0.3 is 5.11 Å². The molecule has 0 aliphatic heterocycles. The number of nitrogens with one attached hydrogen (secondary N) is 1. The molecule has 1 rings (SSSR count). The first-order valence-electron chi connectivity index (χ1n) is 4.59. The van der Waals surface area contributed by atoms with Crippen molar-refractivity contribution < 1.29 is 5.11 Å². The summed E-state index contributed by atoms with van der Waals surface area (Å²) < 4.78 is 0. The summed E-state index contributed by atoms with van der Waals surface area (Å²) in [5.41, 5.74) is 0.872. The minimum Gasteiger partial charge on any atom is -0.506 e. The third-order valence-electron chi connectivity index (χ3n) is 1.95. The third-order valence-corrected chi connectivity index (χ3v) is 1.95. The highest BCUT2D eigenvalue weighted by Gasteiger charge is 2.01. The smallest absolute Gasteiger partial charge is 0.133 e. The van der Waals surface area contributed by atoms with Gasteiger partial charge in [-0.15, -0.1) is 6.42 Å². The molecule has 14 heavy (non-hydrogen) atoms. The average molecular weight is 190 g/mol. The van der Waals surface area contributed by atoms with Crippen molar-refractivity contribution >= 4 is 0 Å². The molecule has 0 fully saturated rings. The molecule has 0 saturated carbocycles. The molecule has 3 nitrogen and oxygen atoms in total. The van der Waals surface area contributed by atoms with E-state index in [0.29, 0.717) is 6.54 Å². The highest BCUT2D eigenvalue weighted by Crippen LogP contribution is 2.05. The summed E-state index contributed by atoms with van der Waals surface area (Å²) in [6, 6.07) is 3.47. The molecule has 1 heterocycles. The molecule has 1 unspecified atom stereocenters. The predicted octanol–water partition coefficient (Wildman–Crippen LogP) is 1.29. The molecular weight excluding hydrogens is 176 g/mol. The number of terminal acetylenes is 1. The van der Waals surface area contributed by atoms with Crippen LogP contribution in [-0.4, -0.2) is 16.1 Å². The van der Waals surface area contributed by atoms with Gasteiger partial charge in [0.15, 0.2) is 0 Å². The van der Waals surface area contributed by atoms with Crippen molar-refractivity contribution in [2.45, 2.75) is 25.9 Å². The van der Waals surface area contributed by atoms with Crippen molar-refractivity contribution in [1.29, 1.82) is 0 Å². The van der Waals surface area contributed by atoms with Gasteiger partial charge in [-0.2, -0.15) is 0 Å². The maximum atomic E-state index is 9.01. The van der Waals surface area contributed by atoms with Crippen LogP contribution in [0.25, 0.3) is 0 Å². The largest absolute Gasteiger partial charge is 0.506 e. The van der Waals surface area contributed by atoms with Gasteiger partial charge in [-0.05, 0) is 18.6 Å². The fraction of sp³-hybridized carbons (Fsp3) is 0.364. The van der Waals surface area contributed by atoms with Gasteiger partial charge in [-0.3, -0.25) is 10.3 Å². The third kappa shape index (κ3) is 3.08. The molecule has 1 aromatic heterocycles. The second-order valence-corrected chi connectivity index (χ2v) is 3.02. The van der Waals surface area contributed by atoms with Crippen LogP contribution in [0.3, 0.4) is 0 Å². The monoisotopic (exact) mass is 190 g/mol. The van der Waals surface area contributed by atoms with Gasteiger partial charge >= 0.3 is 0 Å². The number of nitrogens with zero attached hydrogens (tertiary/aromatic N) is 1.